The largest absolute Gasteiger partial charge is 0.507 e. The van der Waals surface area contributed by atoms with Crippen LogP contribution in [-0.4, -0.2) is 164 Å². The second-order valence-electron chi connectivity index (χ2n) is 19.9. The molecule has 5 aliphatic rings. The van der Waals surface area contributed by atoms with Gasteiger partial charge in [0.05, 0.1) is 45.7 Å². The Hall–Kier alpha value is -5.66. The fraction of sp³-hybridized carbons (Fsp3) is 0.529. The molecule has 5 aromatic rings. The number of fused-ring (bicyclic) bond motifs is 3. The van der Waals surface area contributed by atoms with E-state index in [-0.39, 0.29) is 42.5 Å². The lowest BCUT2D eigenvalue weighted by atomic mass is 9.91. The maximum atomic E-state index is 14.3. The van der Waals surface area contributed by atoms with Crippen LogP contribution in [-0.2, 0) is 9.59 Å². The van der Waals surface area contributed by atoms with E-state index < -0.39 is 18.1 Å². The van der Waals surface area contributed by atoms with Crippen LogP contribution in [0.15, 0.2) is 70.7 Å². The van der Waals surface area contributed by atoms with Crippen molar-refractivity contribution in [3.05, 3.63) is 83.2 Å². The quantitative estimate of drug-likeness (QED) is 0.111. The highest BCUT2D eigenvalue weighted by molar-refractivity contribution is 7.13. The third-order valence-corrected chi connectivity index (χ3v) is 16.1. The Bertz CT molecular complexity index is 2580. The molecule has 0 spiro atoms. The van der Waals surface area contributed by atoms with Crippen LogP contribution in [0.4, 0.5) is 11.5 Å². The van der Waals surface area contributed by atoms with Gasteiger partial charge in [0.15, 0.2) is 11.6 Å². The average Bonchev–Trinajstić information content (AvgIpc) is 4.20. The molecule has 18 heteroatoms. The van der Waals surface area contributed by atoms with E-state index in [2.05, 4.69) is 56.6 Å². The van der Waals surface area contributed by atoms with E-state index in [1.54, 1.807) is 23.5 Å². The van der Waals surface area contributed by atoms with E-state index in [0.29, 0.717) is 47.6 Å². The molecular formula is C51H65N11O6S. The van der Waals surface area contributed by atoms with E-state index in [1.807, 2.05) is 75.7 Å². The number of hydrogen-bond donors (Lipinski definition) is 4. The van der Waals surface area contributed by atoms with E-state index in [1.165, 1.54) is 11.3 Å². The number of β-amino-alcohol motifs (C(OH)–C–C–N with tert-alkyl or cyclic N) is 1. The molecule has 0 aliphatic carbocycles. The standard InChI is InChI=1S/C51H65N11O6S/c1-31(2)47(51(66)62-29-39(63)23-43(62)50(65)54-32(3)34-9-11-35(12-10-34)48-33(4)53-30-69-48)45-25-46(57-68-45)67-22-21-58-16-13-36(14-17-58)59-18-15-37(27-59)60-19-20-61-38(28-60)26-52-49-42(61)24-41(55-56-49)40-7-5-6-8-44(40)64/h5-12,24-25,30-32,36-39,43,47,63-64H,13-23,26-29H2,1-4H3,(H,52,56)(H,54,65)/t32-,37+,38-,39+,43-,47+/m0/s1. The van der Waals surface area contributed by atoms with Crippen LogP contribution in [0.1, 0.15) is 75.4 Å². The number of phenols is 1. The summed E-state index contributed by atoms with van der Waals surface area (Å²) in [6.07, 6.45) is 2.79. The Morgan fingerprint density at radius 3 is 2.46 bits per heavy atom. The number of aromatic hydroxyl groups is 1. The number of aromatic nitrogens is 4. The molecule has 0 bridgehead atoms. The lowest BCUT2D eigenvalue weighted by Gasteiger charge is -2.47. The van der Waals surface area contributed by atoms with Crippen molar-refractivity contribution >= 4 is 34.7 Å². The molecule has 17 nitrogen and oxygen atoms in total. The van der Waals surface area contributed by atoms with Crippen molar-refractivity contribution in [3.63, 3.8) is 0 Å². The first-order valence-corrected chi connectivity index (χ1v) is 25.6. The monoisotopic (exact) mass is 959 g/mol. The van der Waals surface area contributed by atoms with Crippen molar-refractivity contribution in [2.75, 3.05) is 82.3 Å². The second-order valence-corrected chi connectivity index (χ2v) is 20.7. The zero-order valence-electron chi connectivity index (χ0n) is 40.0. The van der Waals surface area contributed by atoms with Crippen molar-refractivity contribution in [1.82, 2.24) is 45.3 Å². The summed E-state index contributed by atoms with van der Waals surface area (Å²) in [5.41, 5.74) is 7.28. The Kier molecular flexibility index (Phi) is 13.9. The van der Waals surface area contributed by atoms with Crippen molar-refractivity contribution in [1.29, 1.82) is 0 Å². The number of aliphatic hydroxyl groups is 1. The number of phenolic OH excluding ortho intramolecular Hbond substituents is 1. The minimum Gasteiger partial charge on any atom is -0.507 e. The SMILES string of the molecule is Cc1ncsc1-c1ccc([C@H](C)NC(=O)[C@@H]2C[C@@H](O)CN2C(=O)[C@@H](c2cc(OCCN3CCC(N4CC[C@@H](N5CCN6c7cc(-c8ccccc8O)nnc7NC[C@H]6C5)C4)CC3)no2)C(C)C)cc1. The number of ether oxygens (including phenoxy) is 1. The van der Waals surface area contributed by atoms with E-state index >= 15 is 0 Å². The maximum Gasteiger partial charge on any atom is 0.254 e. The zero-order valence-corrected chi connectivity index (χ0v) is 40.9. The summed E-state index contributed by atoms with van der Waals surface area (Å²) < 4.78 is 11.9. The third kappa shape index (κ3) is 10.0. The highest BCUT2D eigenvalue weighted by atomic mass is 32.1. The van der Waals surface area contributed by atoms with E-state index in [0.717, 1.165) is 105 Å². The minimum atomic E-state index is -0.815. The molecule has 0 unspecified atom stereocenters. The number of hydrogen-bond acceptors (Lipinski definition) is 16. The Labute approximate surface area is 407 Å². The predicted molar refractivity (Wildman–Crippen MR) is 264 cm³/mol. The number of likely N-dealkylation sites (tertiary alicyclic amines) is 3. The van der Waals surface area contributed by atoms with Gasteiger partial charge in [-0.25, -0.2) is 4.98 Å². The van der Waals surface area contributed by atoms with Gasteiger partial charge in [0, 0.05) is 82.5 Å². The zero-order chi connectivity index (χ0) is 47.8. The maximum absolute atomic E-state index is 14.3. The molecule has 366 valence electrons. The summed E-state index contributed by atoms with van der Waals surface area (Å²) in [5, 5.41) is 40.9. The normalized spacial score (nSPS) is 23.4. The van der Waals surface area contributed by atoms with Gasteiger partial charge in [-0.2, -0.15) is 0 Å². The summed E-state index contributed by atoms with van der Waals surface area (Å²) >= 11 is 1.60. The highest BCUT2D eigenvalue weighted by Gasteiger charge is 2.44. The molecule has 8 heterocycles. The van der Waals surface area contributed by atoms with Gasteiger partial charge in [-0.3, -0.25) is 24.3 Å². The molecule has 3 aromatic heterocycles. The van der Waals surface area contributed by atoms with Crippen molar-refractivity contribution in [3.8, 4) is 33.3 Å². The van der Waals surface area contributed by atoms with Crippen LogP contribution in [0, 0.1) is 12.8 Å². The number of aliphatic hydroxyl groups excluding tert-OH is 1. The first kappa shape index (κ1) is 47.0. The summed E-state index contributed by atoms with van der Waals surface area (Å²) in [7, 11) is 0. The number of rotatable bonds is 14. The van der Waals surface area contributed by atoms with Crippen molar-refractivity contribution in [2.24, 2.45) is 5.92 Å². The average molecular weight is 960 g/mol. The van der Waals surface area contributed by atoms with Gasteiger partial charge in [0.25, 0.3) is 5.88 Å². The summed E-state index contributed by atoms with van der Waals surface area (Å²) in [6, 6.07) is 19.5. The van der Waals surface area contributed by atoms with Gasteiger partial charge in [-0.1, -0.05) is 50.2 Å². The molecule has 0 radical (unpaired) electrons. The lowest BCUT2D eigenvalue weighted by molar-refractivity contribution is -0.141. The highest BCUT2D eigenvalue weighted by Crippen LogP contribution is 2.38. The van der Waals surface area contributed by atoms with E-state index in [9.17, 15) is 19.8 Å². The molecule has 4 fully saturated rings. The summed E-state index contributed by atoms with van der Waals surface area (Å²) in [6.45, 7) is 17.1. The van der Waals surface area contributed by atoms with Crippen LogP contribution in [0.3, 0.4) is 0 Å². The van der Waals surface area contributed by atoms with Crippen LogP contribution >= 0.6 is 11.3 Å². The Morgan fingerprint density at radius 2 is 1.70 bits per heavy atom. The van der Waals surface area contributed by atoms with Crippen LogP contribution in [0.25, 0.3) is 21.7 Å². The van der Waals surface area contributed by atoms with Crippen molar-refractivity contribution < 1.29 is 29.1 Å². The van der Waals surface area contributed by atoms with Crippen LogP contribution < -0.4 is 20.3 Å². The molecule has 4 N–H and O–H groups in total. The molecule has 2 aromatic carbocycles. The molecule has 69 heavy (non-hydrogen) atoms. The lowest BCUT2D eigenvalue weighted by Crippen LogP contribution is -2.60. The number of aryl methyl sites for hydroxylation is 1. The third-order valence-electron chi connectivity index (χ3n) is 15.1. The predicted octanol–water partition coefficient (Wildman–Crippen LogP) is 5.38. The second kappa shape index (κ2) is 20.4. The molecule has 0 saturated carbocycles. The first-order chi connectivity index (χ1) is 33.5. The number of para-hydroxylation sites is 1. The minimum absolute atomic E-state index is 0.0666. The molecule has 2 amide bonds. The Morgan fingerprint density at radius 1 is 0.928 bits per heavy atom. The van der Waals surface area contributed by atoms with Gasteiger partial charge >= 0.3 is 0 Å². The number of nitrogens with zero attached hydrogens (tertiary/aromatic N) is 9. The number of carbonyl (C=O) groups is 2. The Balaban J connectivity index is 0.668. The number of amides is 2. The number of piperidine rings is 1. The van der Waals surface area contributed by atoms with Gasteiger partial charge in [-0.15, -0.1) is 21.5 Å². The summed E-state index contributed by atoms with van der Waals surface area (Å²) in [5.74, 6) is 0.300. The van der Waals surface area contributed by atoms with E-state index in [4.69, 9.17) is 9.26 Å². The van der Waals surface area contributed by atoms with Gasteiger partial charge < -0.3 is 39.9 Å². The first-order valence-electron chi connectivity index (χ1n) is 24.7. The van der Waals surface area contributed by atoms with Gasteiger partial charge in [0.1, 0.15) is 24.3 Å². The molecular weight excluding hydrogens is 895 g/mol. The molecule has 5 aliphatic heterocycles. The number of piperazine rings is 1. The summed E-state index contributed by atoms with van der Waals surface area (Å²) in [4.78, 5) is 45.3. The fourth-order valence-corrected chi connectivity index (χ4v) is 12.1. The number of nitrogens with one attached hydrogen (secondary N) is 2. The smallest absolute Gasteiger partial charge is 0.254 e. The number of carbonyl (C=O) groups excluding carboxylic acids is 2. The van der Waals surface area contributed by atoms with Gasteiger partial charge in [0.2, 0.25) is 11.8 Å². The number of benzene rings is 2. The molecule has 4 saturated heterocycles. The number of anilines is 2. The van der Waals surface area contributed by atoms with Crippen molar-refractivity contribution in [2.45, 2.75) is 95.6 Å². The molecule has 10 rings (SSSR count). The van der Waals surface area contributed by atoms with Crippen LogP contribution in [0.2, 0.25) is 0 Å². The number of thiazole rings is 1. The topological polar surface area (TPSA) is 189 Å². The van der Waals surface area contributed by atoms with Crippen LogP contribution in [0.5, 0.6) is 11.6 Å². The fourth-order valence-electron chi connectivity index (χ4n) is 11.3. The molecule has 6 atom stereocenters. The van der Waals surface area contributed by atoms with Gasteiger partial charge in [-0.05, 0) is 86.6 Å².